The minimum atomic E-state index is -0.368. The summed E-state index contributed by atoms with van der Waals surface area (Å²) in [6.07, 6.45) is 1.61. The maximum Gasteiger partial charge on any atom is 0.126 e. The van der Waals surface area contributed by atoms with Gasteiger partial charge in [0.2, 0.25) is 0 Å². The van der Waals surface area contributed by atoms with E-state index in [9.17, 15) is 0 Å². The highest BCUT2D eigenvalue weighted by molar-refractivity contribution is 5.47. The number of nitrogens with two attached hydrogens (primary N) is 1. The van der Waals surface area contributed by atoms with Gasteiger partial charge in [0, 0.05) is 38.7 Å². The summed E-state index contributed by atoms with van der Waals surface area (Å²) in [7, 11) is 3.43. The highest BCUT2D eigenvalue weighted by Gasteiger charge is 2.40. The van der Waals surface area contributed by atoms with Gasteiger partial charge in [0.05, 0.1) is 18.8 Å². The largest absolute Gasteiger partial charge is 0.496 e. The minimum Gasteiger partial charge on any atom is -0.496 e. The van der Waals surface area contributed by atoms with Crippen LogP contribution in [0.5, 0.6) is 5.75 Å². The van der Waals surface area contributed by atoms with E-state index in [1.54, 1.807) is 14.2 Å². The first-order valence-electron chi connectivity index (χ1n) is 7.08. The van der Waals surface area contributed by atoms with Crippen molar-refractivity contribution >= 4 is 0 Å². The number of ether oxygens (including phenoxy) is 3. The Hall–Kier alpha value is -1.10. The molecule has 0 spiro atoms. The van der Waals surface area contributed by atoms with Crippen LogP contribution in [0.3, 0.4) is 0 Å². The molecule has 4 nitrogen and oxygen atoms in total. The van der Waals surface area contributed by atoms with E-state index in [0.717, 1.165) is 29.7 Å². The topological polar surface area (TPSA) is 53.7 Å². The maximum atomic E-state index is 6.55. The number of aryl methyl sites for hydroxylation is 1. The van der Waals surface area contributed by atoms with Crippen LogP contribution in [0.25, 0.3) is 0 Å². The van der Waals surface area contributed by atoms with Crippen LogP contribution in [0.1, 0.15) is 35.6 Å². The van der Waals surface area contributed by atoms with Crippen molar-refractivity contribution in [2.24, 2.45) is 5.73 Å². The molecule has 4 heteroatoms. The van der Waals surface area contributed by atoms with E-state index in [1.165, 1.54) is 5.56 Å². The van der Waals surface area contributed by atoms with Gasteiger partial charge in [-0.3, -0.25) is 0 Å². The van der Waals surface area contributed by atoms with Gasteiger partial charge in [0.1, 0.15) is 5.75 Å². The molecule has 1 fully saturated rings. The molecule has 1 heterocycles. The van der Waals surface area contributed by atoms with Gasteiger partial charge in [0.15, 0.2) is 0 Å². The van der Waals surface area contributed by atoms with Gasteiger partial charge in [-0.2, -0.15) is 0 Å². The smallest absolute Gasteiger partial charge is 0.126 e. The predicted molar refractivity (Wildman–Crippen MR) is 79.2 cm³/mol. The van der Waals surface area contributed by atoms with Crippen LogP contribution in [-0.4, -0.2) is 33.0 Å². The Labute approximate surface area is 121 Å². The van der Waals surface area contributed by atoms with Gasteiger partial charge < -0.3 is 19.9 Å². The molecule has 20 heavy (non-hydrogen) atoms. The third-order valence-corrected chi connectivity index (χ3v) is 4.56. The zero-order valence-electron chi connectivity index (χ0n) is 12.9. The van der Waals surface area contributed by atoms with Gasteiger partial charge in [0.25, 0.3) is 0 Å². The lowest BCUT2D eigenvalue weighted by Gasteiger charge is -2.41. The van der Waals surface area contributed by atoms with Gasteiger partial charge in [-0.1, -0.05) is 12.1 Å². The van der Waals surface area contributed by atoms with E-state index < -0.39 is 0 Å². The third-order valence-electron chi connectivity index (χ3n) is 4.56. The summed E-state index contributed by atoms with van der Waals surface area (Å²) in [5.41, 5.74) is 9.54. The Kier molecular flexibility index (Phi) is 4.68. The predicted octanol–water partition coefficient (Wildman–Crippen LogP) is 2.51. The lowest BCUT2D eigenvalue weighted by Crippen LogP contribution is -2.47. The summed E-state index contributed by atoms with van der Waals surface area (Å²) < 4.78 is 16.8. The highest BCUT2D eigenvalue weighted by atomic mass is 16.5. The summed E-state index contributed by atoms with van der Waals surface area (Å²) >= 11 is 0. The first kappa shape index (κ1) is 15.3. The summed E-state index contributed by atoms with van der Waals surface area (Å²) in [6.45, 7) is 5.52. The second-order valence-electron chi connectivity index (χ2n) is 5.49. The van der Waals surface area contributed by atoms with E-state index in [0.29, 0.717) is 13.2 Å². The van der Waals surface area contributed by atoms with Crippen LogP contribution in [0.4, 0.5) is 0 Å². The number of methoxy groups -OCH3 is 2. The number of hydrogen-bond acceptors (Lipinski definition) is 4. The Morgan fingerprint density at radius 3 is 2.40 bits per heavy atom. The molecule has 2 N–H and O–H groups in total. The van der Waals surface area contributed by atoms with Crippen molar-refractivity contribution in [1.82, 2.24) is 0 Å². The Balaban J connectivity index is 2.41. The third kappa shape index (κ3) is 2.55. The standard InChI is InChI=1S/C16H25NO3/c1-11-5-6-13(14(18-3)12(11)2)15(17)16(19-4)7-9-20-10-8-16/h5-6,15H,7-10,17H2,1-4H3. The van der Waals surface area contributed by atoms with E-state index in [2.05, 4.69) is 26.0 Å². The fraction of sp³-hybridized carbons (Fsp3) is 0.625. The lowest BCUT2D eigenvalue weighted by molar-refractivity contribution is -0.105. The molecule has 112 valence electrons. The Morgan fingerprint density at radius 2 is 1.85 bits per heavy atom. The average molecular weight is 279 g/mol. The SMILES string of the molecule is COc1c(C(N)C2(OC)CCOCC2)ccc(C)c1C. The molecule has 1 saturated heterocycles. The molecule has 0 bridgehead atoms. The van der Waals surface area contributed by atoms with E-state index >= 15 is 0 Å². The maximum absolute atomic E-state index is 6.55. The summed E-state index contributed by atoms with van der Waals surface area (Å²) in [5.74, 6) is 0.875. The highest BCUT2D eigenvalue weighted by Crippen LogP contribution is 2.40. The van der Waals surface area contributed by atoms with Crippen molar-refractivity contribution in [2.45, 2.75) is 38.3 Å². The van der Waals surface area contributed by atoms with Crippen molar-refractivity contribution in [3.8, 4) is 5.75 Å². The zero-order valence-corrected chi connectivity index (χ0v) is 12.9. The normalized spacial score (nSPS) is 19.6. The molecule has 0 aromatic heterocycles. The Bertz CT molecular complexity index is 467. The van der Waals surface area contributed by atoms with Crippen molar-refractivity contribution in [2.75, 3.05) is 27.4 Å². The molecule has 1 atom stereocenters. The average Bonchev–Trinajstić information content (AvgIpc) is 2.49. The van der Waals surface area contributed by atoms with Crippen molar-refractivity contribution < 1.29 is 14.2 Å². The van der Waals surface area contributed by atoms with Gasteiger partial charge >= 0.3 is 0 Å². The molecule has 0 amide bonds. The molecule has 1 aliphatic heterocycles. The first-order chi connectivity index (χ1) is 9.55. The van der Waals surface area contributed by atoms with Crippen molar-refractivity contribution in [3.63, 3.8) is 0 Å². The van der Waals surface area contributed by atoms with Crippen LogP contribution in [0, 0.1) is 13.8 Å². The van der Waals surface area contributed by atoms with E-state index in [-0.39, 0.29) is 11.6 Å². The monoisotopic (exact) mass is 279 g/mol. The fourth-order valence-corrected chi connectivity index (χ4v) is 2.97. The molecule has 1 aromatic carbocycles. The lowest BCUT2D eigenvalue weighted by atomic mass is 9.81. The van der Waals surface area contributed by atoms with Crippen LogP contribution < -0.4 is 10.5 Å². The molecular weight excluding hydrogens is 254 g/mol. The van der Waals surface area contributed by atoms with Crippen LogP contribution in [0.2, 0.25) is 0 Å². The number of hydrogen-bond donors (Lipinski definition) is 1. The molecule has 1 aromatic rings. The number of rotatable bonds is 4. The van der Waals surface area contributed by atoms with Crippen LogP contribution in [0.15, 0.2) is 12.1 Å². The second-order valence-corrected chi connectivity index (χ2v) is 5.49. The molecule has 0 radical (unpaired) electrons. The summed E-state index contributed by atoms with van der Waals surface area (Å²) in [5, 5.41) is 0. The number of benzene rings is 1. The second kappa shape index (κ2) is 6.12. The molecule has 1 aliphatic rings. The summed E-state index contributed by atoms with van der Waals surface area (Å²) in [4.78, 5) is 0. The fourth-order valence-electron chi connectivity index (χ4n) is 2.97. The quantitative estimate of drug-likeness (QED) is 0.920. The van der Waals surface area contributed by atoms with Crippen LogP contribution >= 0.6 is 0 Å². The molecule has 0 aliphatic carbocycles. The van der Waals surface area contributed by atoms with Crippen molar-refractivity contribution in [3.05, 3.63) is 28.8 Å². The van der Waals surface area contributed by atoms with Gasteiger partial charge in [-0.15, -0.1) is 0 Å². The van der Waals surface area contributed by atoms with Crippen LogP contribution in [-0.2, 0) is 9.47 Å². The summed E-state index contributed by atoms with van der Waals surface area (Å²) in [6, 6.07) is 3.93. The molecule has 0 saturated carbocycles. The van der Waals surface area contributed by atoms with Gasteiger partial charge in [-0.25, -0.2) is 0 Å². The molecular formula is C16H25NO3. The van der Waals surface area contributed by atoms with Gasteiger partial charge in [-0.05, 0) is 25.0 Å². The first-order valence-corrected chi connectivity index (χ1v) is 7.08. The molecule has 2 rings (SSSR count). The van der Waals surface area contributed by atoms with E-state index in [4.69, 9.17) is 19.9 Å². The Morgan fingerprint density at radius 1 is 1.20 bits per heavy atom. The minimum absolute atomic E-state index is 0.217. The van der Waals surface area contributed by atoms with Crippen molar-refractivity contribution in [1.29, 1.82) is 0 Å². The molecule has 1 unspecified atom stereocenters. The zero-order chi connectivity index (χ0) is 14.8. The van der Waals surface area contributed by atoms with E-state index in [1.807, 2.05) is 0 Å².